The fraction of sp³-hybridized carbons (Fsp3) is 0.300. The first-order valence-electron chi connectivity index (χ1n) is 4.52. The molecule has 80 valence electrons. The standard InChI is InChI=1S/C10H12N2O3/c1-3-9(13)12(2)8-6-7(10(14)15)4-5-11-8/h4-6H,3H2,1-2H3,(H,14,15). The number of carboxylic acid groups (broad SMARTS) is 1. The zero-order chi connectivity index (χ0) is 11.4. The van der Waals surface area contributed by atoms with E-state index in [2.05, 4.69) is 4.98 Å². The van der Waals surface area contributed by atoms with Gasteiger partial charge in [0, 0.05) is 19.7 Å². The summed E-state index contributed by atoms with van der Waals surface area (Å²) in [6, 6.07) is 2.76. The lowest BCUT2D eigenvalue weighted by atomic mass is 10.2. The molecule has 1 amide bonds. The Morgan fingerprint density at radius 2 is 2.20 bits per heavy atom. The van der Waals surface area contributed by atoms with Crippen molar-refractivity contribution in [3.63, 3.8) is 0 Å². The van der Waals surface area contributed by atoms with Crippen LogP contribution in [-0.2, 0) is 4.79 Å². The summed E-state index contributed by atoms with van der Waals surface area (Å²) in [6.07, 6.45) is 1.73. The highest BCUT2D eigenvalue weighted by Crippen LogP contribution is 2.11. The lowest BCUT2D eigenvalue weighted by molar-refractivity contribution is -0.118. The Morgan fingerprint density at radius 3 is 2.73 bits per heavy atom. The summed E-state index contributed by atoms with van der Waals surface area (Å²) >= 11 is 0. The van der Waals surface area contributed by atoms with Gasteiger partial charge in [0.25, 0.3) is 0 Å². The Kier molecular flexibility index (Phi) is 3.38. The van der Waals surface area contributed by atoms with E-state index in [-0.39, 0.29) is 11.5 Å². The summed E-state index contributed by atoms with van der Waals surface area (Å²) in [6.45, 7) is 1.74. The molecule has 0 fully saturated rings. The van der Waals surface area contributed by atoms with E-state index >= 15 is 0 Å². The van der Waals surface area contributed by atoms with Crippen molar-refractivity contribution in [1.29, 1.82) is 0 Å². The molecule has 0 spiro atoms. The molecule has 1 aromatic heterocycles. The molecule has 0 unspecified atom stereocenters. The van der Waals surface area contributed by atoms with Crippen LogP contribution in [0.2, 0.25) is 0 Å². The van der Waals surface area contributed by atoms with Crippen LogP contribution in [0.1, 0.15) is 23.7 Å². The lowest BCUT2D eigenvalue weighted by Crippen LogP contribution is -2.26. The average molecular weight is 208 g/mol. The molecule has 1 aromatic rings. The van der Waals surface area contributed by atoms with Gasteiger partial charge < -0.3 is 5.11 Å². The third-order valence-corrected chi connectivity index (χ3v) is 2.01. The molecule has 5 nitrogen and oxygen atoms in total. The van der Waals surface area contributed by atoms with Gasteiger partial charge in [0.2, 0.25) is 5.91 Å². The Bertz CT molecular complexity index is 390. The number of amides is 1. The van der Waals surface area contributed by atoms with Crippen molar-refractivity contribution in [3.8, 4) is 0 Å². The van der Waals surface area contributed by atoms with Crippen molar-refractivity contribution in [1.82, 2.24) is 4.98 Å². The smallest absolute Gasteiger partial charge is 0.335 e. The average Bonchev–Trinajstić information content (AvgIpc) is 2.27. The molecule has 1 heterocycles. The molecule has 15 heavy (non-hydrogen) atoms. The quantitative estimate of drug-likeness (QED) is 0.808. The number of carbonyl (C=O) groups excluding carboxylic acids is 1. The summed E-state index contributed by atoms with van der Waals surface area (Å²) in [7, 11) is 1.57. The number of aromatic carboxylic acids is 1. The minimum atomic E-state index is -1.03. The minimum Gasteiger partial charge on any atom is -0.478 e. The summed E-state index contributed by atoms with van der Waals surface area (Å²) in [4.78, 5) is 27.3. The number of aromatic nitrogens is 1. The summed E-state index contributed by atoms with van der Waals surface area (Å²) < 4.78 is 0. The van der Waals surface area contributed by atoms with Gasteiger partial charge in [0.15, 0.2) is 0 Å². The van der Waals surface area contributed by atoms with Crippen LogP contribution in [0.5, 0.6) is 0 Å². The summed E-state index contributed by atoms with van der Waals surface area (Å²) in [5, 5.41) is 8.76. The molecule has 5 heteroatoms. The number of nitrogens with zero attached hydrogens (tertiary/aromatic N) is 2. The predicted molar refractivity (Wildman–Crippen MR) is 54.9 cm³/mol. The third kappa shape index (κ3) is 2.52. The Hall–Kier alpha value is -1.91. The van der Waals surface area contributed by atoms with E-state index in [9.17, 15) is 9.59 Å². The second-order valence-electron chi connectivity index (χ2n) is 3.01. The minimum absolute atomic E-state index is 0.106. The maximum absolute atomic E-state index is 11.3. The first-order chi connectivity index (χ1) is 7.06. The van der Waals surface area contributed by atoms with Crippen LogP contribution in [-0.4, -0.2) is 29.0 Å². The largest absolute Gasteiger partial charge is 0.478 e. The van der Waals surface area contributed by atoms with E-state index in [4.69, 9.17) is 5.11 Å². The maximum Gasteiger partial charge on any atom is 0.335 e. The highest BCUT2D eigenvalue weighted by Gasteiger charge is 2.11. The monoisotopic (exact) mass is 208 g/mol. The fourth-order valence-electron chi connectivity index (χ4n) is 1.10. The first-order valence-corrected chi connectivity index (χ1v) is 4.52. The van der Waals surface area contributed by atoms with Gasteiger partial charge in [-0.1, -0.05) is 6.92 Å². The molecule has 0 bridgehead atoms. The van der Waals surface area contributed by atoms with E-state index in [1.165, 1.54) is 23.2 Å². The van der Waals surface area contributed by atoms with Crippen molar-refractivity contribution in [2.45, 2.75) is 13.3 Å². The van der Waals surface area contributed by atoms with E-state index in [1.54, 1.807) is 14.0 Å². The van der Waals surface area contributed by atoms with E-state index in [0.29, 0.717) is 12.2 Å². The van der Waals surface area contributed by atoms with Crippen LogP contribution in [0.4, 0.5) is 5.82 Å². The predicted octanol–water partition coefficient (Wildman–Crippen LogP) is 1.15. The summed E-state index contributed by atoms with van der Waals surface area (Å²) in [5.41, 5.74) is 0.121. The Balaban J connectivity index is 3.00. The van der Waals surface area contributed by atoms with E-state index < -0.39 is 5.97 Å². The number of rotatable bonds is 3. The topological polar surface area (TPSA) is 70.5 Å². The van der Waals surface area contributed by atoms with Crippen LogP contribution in [0.3, 0.4) is 0 Å². The van der Waals surface area contributed by atoms with Crippen molar-refractivity contribution in [2.24, 2.45) is 0 Å². The van der Waals surface area contributed by atoms with Crippen LogP contribution < -0.4 is 4.90 Å². The van der Waals surface area contributed by atoms with Gasteiger partial charge in [0.1, 0.15) is 5.82 Å². The number of pyridine rings is 1. The SMILES string of the molecule is CCC(=O)N(C)c1cc(C(=O)O)ccn1. The third-order valence-electron chi connectivity index (χ3n) is 2.01. The zero-order valence-corrected chi connectivity index (χ0v) is 8.60. The van der Waals surface area contributed by atoms with Crippen LogP contribution >= 0.6 is 0 Å². The zero-order valence-electron chi connectivity index (χ0n) is 8.60. The second-order valence-corrected chi connectivity index (χ2v) is 3.01. The first kappa shape index (κ1) is 11.2. The molecule has 0 aliphatic carbocycles. The van der Waals surface area contributed by atoms with Crippen LogP contribution in [0, 0.1) is 0 Å². The number of hydrogen-bond acceptors (Lipinski definition) is 3. The molecule has 0 aliphatic heterocycles. The maximum atomic E-state index is 11.3. The van der Waals surface area contributed by atoms with Crippen molar-refractivity contribution >= 4 is 17.7 Å². The van der Waals surface area contributed by atoms with Crippen LogP contribution in [0.25, 0.3) is 0 Å². The van der Waals surface area contributed by atoms with Crippen molar-refractivity contribution in [3.05, 3.63) is 23.9 Å². The highest BCUT2D eigenvalue weighted by atomic mass is 16.4. The number of carboxylic acids is 1. The van der Waals surface area contributed by atoms with Gasteiger partial charge >= 0.3 is 5.97 Å². The molecule has 1 rings (SSSR count). The summed E-state index contributed by atoms with van der Waals surface area (Å²) in [5.74, 6) is -0.789. The highest BCUT2D eigenvalue weighted by molar-refractivity contribution is 5.94. The molecular formula is C10H12N2O3. The lowest BCUT2D eigenvalue weighted by Gasteiger charge is -2.15. The molecule has 1 N–H and O–H groups in total. The fourth-order valence-corrected chi connectivity index (χ4v) is 1.10. The molecule has 0 aliphatic rings. The van der Waals surface area contributed by atoms with Crippen molar-refractivity contribution in [2.75, 3.05) is 11.9 Å². The van der Waals surface area contributed by atoms with Gasteiger partial charge in [-0.3, -0.25) is 9.69 Å². The van der Waals surface area contributed by atoms with Gasteiger partial charge in [-0.15, -0.1) is 0 Å². The molecule has 0 saturated carbocycles. The Morgan fingerprint density at radius 1 is 1.53 bits per heavy atom. The number of carbonyl (C=O) groups is 2. The number of hydrogen-bond donors (Lipinski definition) is 1. The second kappa shape index (κ2) is 4.54. The van der Waals surface area contributed by atoms with Gasteiger partial charge in [-0.05, 0) is 12.1 Å². The van der Waals surface area contributed by atoms with E-state index in [1.807, 2.05) is 0 Å². The van der Waals surface area contributed by atoms with Crippen molar-refractivity contribution < 1.29 is 14.7 Å². The van der Waals surface area contributed by atoms with E-state index in [0.717, 1.165) is 0 Å². The molecule has 0 radical (unpaired) electrons. The molecule has 0 aromatic carbocycles. The van der Waals surface area contributed by atoms with Gasteiger partial charge in [-0.2, -0.15) is 0 Å². The molecule has 0 saturated heterocycles. The van der Waals surface area contributed by atoms with Crippen LogP contribution in [0.15, 0.2) is 18.3 Å². The van der Waals surface area contributed by atoms with Gasteiger partial charge in [-0.25, -0.2) is 9.78 Å². The normalized spacial score (nSPS) is 9.73. The Labute approximate surface area is 87.4 Å². The van der Waals surface area contributed by atoms with Gasteiger partial charge in [0.05, 0.1) is 5.56 Å². The number of anilines is 1. The molecular weight excluding hydrogens is 196 g/mol. The molecule has 0 atom stereocenters.